The van der Waals surface area contributed by atoms with Crippen LogP contribution < -0.4 is 10.6 Å². The highest BCUT2D eigenvalue weighted by Crippen LogP contribution is 2.13. The summed E-state index contributed by atoms with van der Waals surface area (Å²) in [7, 11) is 0. The second-order valence-corrected chi connectivity index (χ2v) is 5.05. The van der Waals surface area contributed by atoms with Gasteiger partial charge in [-0.15, -0.1) is 0 Å². The van der Waals surface area contributed by atoms with Crippen LogP contribution in [-0.4, -0.2) is 23.6 Å². The Morgan fingerprint density at radius 1 is 1.10 bits per heavy atom. The summed E-state index contributed by atoms with van der Waals surface area (Å²) in [4.78, 5) is 34.6. The Bertz CT molecular complexity index is 524. The van der Waals surface area contributed by atoms with Crippen molar-refractivity contribution in [2.45, 2.75) is 33.7 Å². The van der Waals surface area contributed by atoms with Gasteiger partial charge in [0.2, 0.25) is 11.8 Å². The number of anilines is 1. The number of Topliss-reactive ketones (excluding diaryl/α,β-unsaturated/α-hetero) is 1. The predicted octanol–water partition coefficient (Wildman–Crippen LogP) is 1.99. The molecule has 20 heavy (non-hydrogen) atoms. The van der Waals surface area contributed by atoms with Gasteiger partial charge < -0.3 is 10.6 Å². The molecular weight excluding hydrogens is 256 g/mol. The second kappa shape index (κ2) is 6.84. The van der Waals surface area contributed by atoms with Crippen LogP contribution in [0.4, 0.5) is 5.69 Å². The number of hydrogen-bond acceptors (Lipinski definition) is 3. The fraction of sp³-hybridized carbons (Fsp3) is 0.400. The maximum Gasteiger partial charge on any atom is 0.247 e. The van der Waals surface area contributed by atoms with Gasteiger partial charge in [-0.2, -0.15) is 0 Å². The molecule has 108 valence electrons. The largest absolute Gasteiger partial charge is 0.344 e. The molecule has 0 saturated heterocycles. The van der Waals surface area contributed by atoms with Gasteiger partial charge in [-0.05, 0) is 25.0 Å². The highest BCUT2D eigenvalue weighted by atomic mass is 16.2. The average molecular weight is 276 g/mol. The second-order valence-electron chi connectivity index (χ2n) is 5.05. The third-order valence-corrected chi connectivity index (χ3v) is 2.84. The first-order chi connectivity index (χ1) is 9.31. The van der Waals surface area contributed by atoms with Gasteiger partial charge in [-0.25, -0.2) is 0 Å². The number of amides is 2. The van der Waals surface area contributed by atoms with Crippen molar-refractivity contribution in [1.82, 2.24) is 5.32 Å². The molecule has 2 N–H and O–H groups in total. The minimum Gasteiger partial charge on any atom is -0.344 e. The first-order valence-electron chi connectivity index (χ1n) is 6.50. The third kappa shape index (κ3) is 4.50. The molecule has 0 aliphatic rings. The van der Waals surface area contributed by atoms with Crippen LogP contribution in [0.2, 0.25) is 0 Å². The lowest BCUT2D eigenvalue weighted by Crippen LogP contribution is -2.46. The Labute approximate surface area is 118 Å². The summed E-state index contributed by atoms with van der Waals surface area (Å²) < 4.78 is 0. The van der Waals surface area contributed by atoms with Crippen molar-refractivity contribution in [2.75, 3.05) is 5.32 Å². The zero-order valence-corrected chi connectivity index (χ0v) is 12.2. The molecule has 1 aromatic rings. The molecule has 0 heterocycles. The highest BCUT2D eigenvalue weighted by molar-refractivity contribution is 5.99. The molecule has 0 unspecified atom stereocenters. The Hall–Kier alpha value is -2.17. The van der Waals surface area contributed by atoms with Gasteiger partial charge in [-0.1, -0.05) is 26.0 Å². The van der Waals surface area contributed by atoms with Crippen molar-refractivity contribution in [2.24, 2.45) is 5.92 Å². The number of carbonyl (C=O) groups is 3. The third-order valence-electron chi connectivity index (χ3n) is 2.84. The van der Waals surface area contributed by atoms with Crippen LogP contribution in [0, 0.1) is 5.92 Å². The number of ketones is 1. The maximum absolute atomic E-state index is 12.2. The summed E-state index contributed by atoms with van der Waals surface area (Å²) >= 11 is 0. The number of rotatable bonds is 5. The molecule has 0 radical (unpaired) electrons. The molecule has 1 rings (SSSR count). The number of benzene rings is 1. The highest BCUT2D eigenvalue weighted by Gasteiger charge is 2.23. The van der Waals surface area contributed by atoms with Crippen LogP contribution in [0.3, 0.4) is 0 Å². The zero-order valence-electron chi connectivity index (χ0n) is 12.2. The number of hydrogen-bond donors (Lipinski definition) is 2. The summed E-state index contributed by atoms with van der Waals surface area (Å²) in [6, 6.07) is 6.11. The van der Waals surface area contributed by atoms with E-state index in [0.717, 1.165) is 0 Å². The maximum atomic E-state index is 12.2. The lowest BCUT2D eigenvalue weighted by Gasteiger charge is -2.21. The first kappa shape index (κ1) is 15.9. The molecule has 0 aliphatic carbocycles. The van der Waals surface area contributed by atoms with E-state index in [-0.39, 0.29) is 23.5 Å². The molecule has 0 bridgehead atoms. The van der Waals surface area contributed by atoms with Crippen LogP contribution in [0.15, 0.2) is 24.3 Å². The van der Waals surface area contributed by atoms with Crippen LogP contribution in [0.5, 0.6) is 0 Å². The van der Waals surface area contributed by atoms with Crippen molar-refractivity contribution < 1.29 is 14.4 Å². The van der Waals surface area contributed by atoms with Crippen molar-refractivity contribution in [3.8, 4) is 0 Å². The molecule has 0 spiro atoms. The molecule has 0 fully saturated rings. The first-order valence-corrected chi connectivity index (χ1v) is 6.50. The van der Waals surface area contributed by atoms with Crippen molar-refractivity contribution in [3.63, 3.8) is 0 Å². The van der Waals surface area contributed by atoms with E-state index >= 15 is 0 Å². The Morgan fingerprint density at radius 3 is 2.25 bits per heavy atom. The molecular formula is C15H20N2O3. The standard InChI is InChI=1S/C15H20N2O3/c1-9(2)14(16-11(4)19)15(20)17-13-7-5-6-12(8-13)10(3)18/h5-9,14H,1-4H3,(H,16,19)(H,17,20)/t14-/m0/s1. The van der Waals surface area contributed by atoms with Crippen molar-refractivity contribution >= 4 is 23.3 Å². The summed E-state index contributed by atoms with van der Waals surface area (Å²) in [5.74, 6) is -0.648. The monoisotopic (exact) mass is 276 g/mol. The summed E-state index contributed by atoms with van der Waals surface area (Å²) in [5, 5.41) is 5.34. The van der Waals surface area contributed by atoms with E-state index in [1.807, 2.05) is 13.8 Å². The fourth-order valence-corrected chi connectivity index (χ4v) is 1.79. The molecule has 1 atom stereocenters. The van der Waals surface area contributed by atoms with Crippen LogP contribution in [-0.2, 0) is 9.59 Å². The van der Waals surface area contributed by atoms with Gasteiger partial charge in [0.25, 0.3) is 0 Å². The summed E-state index contributed by atoms with van der Waals surface area (Å²) in [5.41, 5.74) is 1.07. The fourth-order valence-electron chi connectivity index (χ4n) is 1.79. The summed E-state index contributed by atoms with van der Waals surface area (Å²) in [6.45, 7) is 6.55. The van der Waals surface area contributed by atoms with Crippen LogP contribution in [0.1, 0.15) is 38.1 Å². The number of nitrogens with one attached hydrogen (secondary N) is 2. The van der Waals surface area contributed by atoms with E-state index in [0.29, 0.717) is 11.3 Å². The van der Waals surface area contributed by atoms with Gasteiger partial charge in [0.05, 0.1) is 0 Å². The Morgan fingerprint density at radius 2 is 1.75 bits per heavy atom. The molecule has 2 amide bonds. The van der Waals surface area contributed by atoms with Gasteiger partial charge in [0.1, 0.15) is 6.04 Å². The lowest BCUT2D eigenvalue weighted by molar-refractivity contribution is -0.126. The minimum atomic E-state index is -0.603. The van der Waals surface area contributed by atoms with Crippen LogP contribution >= 0.6 is 0 Å². The smallest absolute Gasteiger partial charge is 0.247 e. The molecule has 0 saturated carbocycles. The van der Waals surface area contributed by atoms with Gasteiger partial charge >= 0.3 is 0 Å². The van der Waals surface area contributed by atoms with E-state index in [1.165, 1.54) is 13.8 Å². The summed E-state index contributed by atoms with van der Waals surface area (Å²) in [6.07, 6.45) is 0. The van der Waals surface area contributed by atoms with E-state index in [2.05, 4.69) is 10.6 Å². The average Bonchev–Trinajstić information content (AvgIpc) is 2.35. The quantitative estimate of drug-likeness (QED) is 0.807. The Kier molecular flexibility index (Phi) is 5.43. The molecule has 0 aromatic heterocycles. The van der Waals surface area contributed by atoms with E-state index < -0.39 is 6.04 Å². The lowest BCUT2D eigenvalue weighted by atomic mass is 10.0. The molecule has 0 aliphatic heterocycles. The SMILES string of the molecule is CC(=O)N[C@H](C(=O)Nc1cccc(C(C)=O)c1)C(C)C. The number of carbonyl (C=O) groups excluding carboxylic acids is 3. The predicted molar refractivity (Wildman–Crippen MR) is 77.5 cm³/mol. The van der Waals surface area contributed by atoms with E-state index in [9.17, 15) is 14.4 Å². The topological polar surface area (TPSA) is 75.3 Å². The molecule has 5 heteroatoms. The van der Waals surface area contributed by atoms with E-state index in [1.54, 1.807) is 24.3 Å². The Balaban J connectivity index is 2.85. The zero-order chi connectivity index (χ0) is 15.3. The van der Waals surface area contributed by atoms with E-state index in [4.69, 9.17) is 0 Å². The molecule has 5 nitrogen and oxygen atoms in total. The van der Waals surface area contributed by atoms with Crippen molar-refractivity contribution in [3.05, 3.63) is 29.8 Å². The van der Waals surface area contributed by atoms with Gasteiger partial charge in [-0.3, -0.25) is 14.4 Å². The normalized spacial score (nSPS) is 11.8. The van der Waals surface area contributed by atoms with Gasteiger partial charge in [0.15, 0.2) is 5.78 Å². The molecule has 1 aromatic carbocycles. The minimum absolute atomic E-state index is 0.0325. The van der Waals surface area contributed by atoms with Crippen molar-refractivity contribution in [1.29, 1.82) is 0 Å². The van der Waals surface area contributed by atoms with Gasteiger partial charge in [0, 0.05) is 18.2 Å². The van der Waals surface area contributed by atoms with Crippen LogP contribution in [0.25, 0.3) is 0 Å².